The molecule has 1 heterocycles. The van der Waals surface area contributed by atoms with Gasteiger partial charge in [-0.25, -0.2) is 4.39 Å². The van der Waals surface area contributed by atoms with E-state index in [1.165, 1.54) is 29.5 Å². The van der Waals surface area contributed by atoms with E-state index in [-0.39, 0.29) is 16.4 Å². The summed E-state index contributed by atoms with van der Waals surface area (Å²) in [6.45, 7) is 0. The monoisotopic (exact) mass is 240 g/mol. The topological polar surface area (TPSA) is 17.1 Å². The number of thiophene rings is 1. The van der Waals surface area contributed by atoms with Crippen molar-refractivity contribution in [2.75, 3.05) is 0 Å². The van der Waals surface area contributed by atoms with E-state index in [9.17, 15) is 9.18 Å². The van der Waals surface area contributed by atoms with Gasteiger partial charge in [0.2, 0.25) is 0 Å². The number of hydrogen-bond donors (Lipinski definition) is 0. The zero-order valence-corrected chi connectivity index (χ0v) is 9.11. The second-order valence-corrected chi connectivity index (χ2v) is 4.22. The van der Waals surface area contributed by atoms with Gasteiger partial charge in [0.15, 0.2) is 5.78 Å². The molecule has 0 aliphatic rings. The molecule has 0 N–H and O–H groups in total. The summed E-state index contributed by atoms with van der Waals surface area (Å²) in [6, 6.07) is 5.52. The highest BCUT2D eigenvalue weighted by Crippen LogP contribution is 2.18. The fraction of sp³-hybridized carbons (Fsp3) is 0. The Morgan fingerprint density at radius 1 is 1.27 bits per heavy atom. The molecule has 0 atom stereocenters. The summed E-state index contributed by atoms with van der Waals surface area (Å²) in [5, 5.41) is 3.75. The molecule has 15 heavy (non-hydrogen) atoms. The maximum absolute atomic E-state index is 13.0. The highest BCUT2D eigenvalue weighted by molar-refractivity contribution is 7.08. The third kappa shape index (κ3) is 2.25. The predicted molar refractivity (Wildman–Crippen MR) is 59.2 cm³/mol. The van der Waals surface area contributed by atoms with E-state index >= 15 is 0 Å². The second-order valence-electron chi connectivity index (χ2n) is 3.00. The first kappa shape index (κ1) is 10.3. The molecule has 0 aliphatic carbocycles. The third-order valence-corrected chi connectivity index (χ3v) is 2.81. The number of ketones is 1. The molecule has 0 amide bonds. The molecule has 2 rings (SSSR count). The van der Waals surface area contributed by atoms with Crippen molar-refractivity contribution in [3.63, 3.8) is 0 Å². The molecule has 0 aliphatic heterocycles. The van der Waals surface area contributed by atoms with Gasteiger partial charge >= 0.3 is 0 Å². The van der Waals surface area contributed by atoms with E-state index in [2.05, 4.69) is 0 Å². The van der Waals surface area contributed by atoms with Crippen molar-refractivity contribution in [1.29, 1.82) is 0 Å². The molecule has 1 aromatic carbocycles. The molecule has 0 bridgehead atoms. The van der Waals surface area contributed by atoms with E-state index < -0.39 is 5.82 Å². The third-order valence-electron chi connectivity index (χ3n) is 1.91. The lowest BCUT2D eigenvalue weighted by molar-refractivity contribution is 0.103. The van der Waals surface area contributed by atoms with Crippen LogP contribution in [0.25, 0.3) is 0 Å². The zero-order chi connectivity index (χ0) is 10.8. The Morgan fingerprint density at radius 3 is 2.67 bits per heavy atom. The lowest BCUT2D eigenvalue weighted by atomic mass is 10.1. The van der Waals surface area contributed by atoms with E-state index in [0.29, 0.717) is 5.56 Å². The highest BCUT2D eigenvalue weighted by Gasteiger charge is 2.11. The zero-order valence-electron chi connectivity index (χ0n) is 7.54. The number of carbonyl (C=O) groups is 1. The Bertz CT molecular complexity index is 473. The molecule has 0 radical (unpaired) electrons. The minimum absolute atomic E-state index is 0.211. The summed E-state index contributed by atoms with van der Waals surface area (Å²) in [6.07, 6.45) is 0. The van der Waals surface area contributed by atoms with Crippen molar-refractivity contribution in [2.45, 2.75) is 0 Å². The smallest absolute Gasteiger partial charge is 0.194 e. The molecule has 0 fully saturated rings. The van der Waals surface area contributed by atoms with Crippen LogP contribution in [0.3, 0.4) is 0 Å². The van der Waals surface area contributed by atoms with E-state index in [0.717, 1.165) is 0 Å². The number of rotatable bonds is 2. The minimum Gasteiger partial charge on any atom is -0.289 e. The molecular formula is C11H6ClFOS. The molecule has 0 saturated carbocycles. The van der Waals surface area contributed by atoms with Gasteiger partial charge in [-0.1, -0.05) is 11.6 Å². The average molecular weight is 241 g/mol. The minimum atomic E-state index is -0.499. The number of halogens is 2. The Morgan fingerprint density at radius 2 is 2.07 bits per heavy atom. The Labute approximate surface area is 95.1 Å². The molecule has 0 spiro atoms. The van der Waals surface area contributed by atoms with Crippen LogP contribution < -0.4 is 0 Å². The van der Waals surface area contributed by atoms with E-state index in [4.69, 9.17) is 11.6 Å². The molecule has 1 nitrogen and oxygen atoms in total. The van der Waals surface area contributed by atoms with Crippen LogP contribution in [0.15, 0.2) is 35.0 Å². The molecule has 0 saturated heterocycles. The van der Waals surface area contributed by atoms with Crippen LogP contribution in [0.1, 0.15) is 15.9 Å². The standard InChI is InChI=1S/C11H6ClFOS/c12-9-3-8(4-10(13)5-9)11(14)7-1-2-15-6-7/h1-6H. The lowest BCUT2D eigenvalue weighted by Gasteiger charge is -1.99. The van der Waals surface area contributed by atoms with Crippen molar-refractivity contribution in [3.05, 3.63) is 57.0 Å². The van der Waals surface area contributed by atoms with Crippen LogP contribution in [0.4, 0.5) is 4.39 Å². The molecular weight excluding hydrogens is 235 g/mol. The van der Waals surface area contributed by atoms with Crippen molar-refractivity contribution in [2.24, 2.45) is 0 Å². The number of carbonyl (C=O) groups excluding carboxylic acids is 1. The van der Waals surface area contributed by atoms with E-state index in [1.54, 1.807) is 16.8 Å². The van der Waals surface area contributed by atoms with Crippen molar-refractivity contribution >= 4 is 28.7 Å². The summed E-state index contributed by atoms with van der Waals surface area (Å²) in [5.41, 5.74) is 0.833. The first-order chi connectivity index (χ1) is 7.16. The maximum atomic E-state index is 13.0. The summed E-state index contributed by atoms with van der Waals surface area (Å²) in [4.78, 5) is 11.8. The van der Waals surface area contributed by atoms with Gasteiger partial charge in [-0.3, -0.25) is 4.79 Å². The van der Waals surface area contributed by atoms with Crippen LogP contribution >= 0.6 is 22.9 Å². The number of benzene rings is 1. The fourth-order valence-corrected chi connectivity index (χ4v) is 2.10. The van der Waals surface area contributed by atoms with Gasteiger partial charge < -0.3 is 0 Å². The second kappa shape index (κ2) is 4.13. The average Bonchev–Trinajstić information content (AvgIpc) is 2.67. The summed E-state index contributed by atoms with van der Waals surface area (Å²) >= 11 is 7.09. The Kier molecular flexibility index (Phi) is 2.84. The Hall–Kier alpha value is -1.19. The van der Waals surface area contributed by atoms with Gasteiger partial charge in [0.25, 0.3) is 0 Å². The van der Waals surface area contributed by atoms with Crippen molar-refractivity contribution in [1.82, 2.24) is 0 Å². The van der Waals surface area contributed by atoms with Crippen molar-refractivity contribution in [3.8, 4) is 0 Å². The maximum Gasteiger partial charge on any atom is 0.194 e. The fourth-order valence-electron chi connectivity index (χ4n) is 1.25. The summed E-state index contributed by atoms with van der Waals surface area (Å²) in [5.74, 6) is -0.710. The number of hydrogen-bond acceptors (Lipinski definition) is 2. The summed E-state index contributed by atoms with van der Waals surface area (Å²) < 4.78 is 13.0. The molecule has 0 unspecified atom stereocenters. The van der Waals surface area contributed by atoms with Gasteiger partial charge in [-0.15, -0.1) is 0 Å². The van der Waals surface area contributed by atoms with Gasteiger partial charge in [0.1, 0.15) is 5.82 Å². The Balaban J connectivity index is 2.42. The van der Waals surface area contributed by atoms with Gasteiger partial charge in [-0.05, 0) is 29.6 Å². The first-order valence-corrected chi connectivity index (χ1v) is 5.52. The molecule has 1 aromatic heterocycles. The van der Waals surface area contributed by atoms with Crippen LogP contribution in [-0.2, 0) is 0 Å². The van der Waals surface area contributed by atoms with Crippen molar-refractivity contribution < 1.29 is 9.18 Å². The van der Waals surface area contributed by atoms with Crippen LogP contribution in [0, 0.1) is 5.82 Å². The predicted octanol–water partition coefficient (Wildman–Crippen LogP) is 3.77. The lowest BCUT2D eigenvalue weighted by Crippen LogP contribution is -1.99. The molecule has 4 heteroatoms. The first-order valence-electron chi connectivity index (χ1n) is 4.20. The largest absolute Gasteiger partial charge is 0.289 e. The van der Waals surface area contributed by atoms with Crippen LogP contribution in [-0.4, -0.2) is 5.78 Å². The summed E-state index contributed by atoms with van der Waals surface area (Å²) in [7, 11) is 0. The normalized spacial score (nSPS) is 10.3. The molecule has 76 valence electrons. The quantitative estimate of drug-likeness (QED) is 0.731. The highest BCUT2D eigenvalue weighted by atomic mass is 35.5. The van der Waals surface area contributed by atoms with Gasteiger partial charge in [0, 0.05) is 21.5 Å². The SMILES string of the molecule is O=C(c1ccsc1)c1cc(F)cc(Cl)c1. The van der Waals surface area contributed by atoms with Gasteiger partial charge in [-0.2, -0.15) is 11.3 Å². The van der Waals surface area contributed by atoms with Crippen LogP contribution in [0.5, 0.6) is 0 Å². The van der Waals surface area contributed by atoms with Crippen LogP contribution in [0.2, 0.25) is 5.02 Å². The van der Waals surface area contributed by atoms with Gasteiger partial charge in [0.05, 0.1) is 0 Å². The molecule has 2 aromatic rings. The van der Waals surface area contributed by atoms with E-state index in [1.807, 2.05) is 0 Å².